The van der Waals surface area contributed by atoms with Crippen LogP contribution in [0.1, 0.15) is 91.2 Å². The summed E-state index contributed by atoms with van der Waals surface area (Å²) in [6.07, 6.45) is 11.1. The zero-order valence-corrected chi connectivity index (χ0v) is 19.9. The molecule has 2 atom stereocenters. The fourth-order valence-electron chi connectivity index (χ4n) is 3.57. The van der Waals surface area contributed by atoms with Crippen LogP contribution >= 0.6 is 0 Å². The zero-order chi connectivity index (χ0) is 22.8. The van der Waals surface area contributed by atoms with Crippen molar-refractivity contribution in [2.75, 3.05) is 0 Å². The lowest BCUT2D eigenvalue weighted by Gasteiger charge is -2.20. The first-order chi connectivity index (χ1) is 13.9. The van der Waals surface area contributed by atoms with Gasteiger partial charge in [-0.2, -0.15) is 0 Å². The number of rotatable bonds is 8. The quantitative estimate of drug-likeness (QED) is 0.406. The highest BCUT2D eigenvalue weighted by Gasteiger charge is 2.16. The van der Waals surface area contributed by atoms with Crippen LogP contribution in [0.15, 0.2) is 35.9 Å². The Morgan fingerprint density at radius 1 is 1.10 bits per heavy atom. The number of hydrogen-bond acceptors (Lipinski definition) is 3. The first-order valence-corrected chi connectivity index (χ1v) is 11.3. The van der Waals surface area contributed by atoms with Crippen LogP contribution in [-0.2, 0) is 21.4 Å². The SMILES string of the molecule is CC(C)(O)CCCC1=CCC(C=O)CC1.CC(C=O)Cc1ccc(C(C)(C)C)cc1. The van der Waals surface area contributed by atoms with Gasteiger partial charge in [0.15, 0.2) is 0 Å². The third kappa shape index (κ3) is 10.9. The van der Waals surface area contributed by atoms with Gasteiger partial charge in [-0.1, -0.05) is 63.6 Å². The van der Waals surface area contributed by atoms with E-state index in [4.69, 9.17) is 0 Å². The molecule has 1 aromatic rings. The van der Waals surface area contributed by atoms with Crippen LogP contribution in [0.3, 0.4) is 0 Å². The second-order valence-corrected chi connectivity index (χ2v) is 10.5. The third-order valence-corrected chi connectivity index (χ3v) is 5.63. The molecular weight excluding hydrogens is 372 g/mol. The van der Waals surface area contributed by atoms with E-state index in [0.29, 0.717) is 0 Å². The molecule has 0 saturated carbocycles. The highest BCUT2D eigenvalue weighted by molar-refractivity contribution is 5.54. The summed E-state index contributed by atoms with van der Waals surface area (Å²) in [7, 11) is 0. The van der Waals surface area contributed by atoms with Gasteiger partial charge in [-0.05, 0) is 75.3 Å². The summed E-state index contributed by atoms with van der Waals surface area (Å²) >= 11 is 0. The van der Waals surface area contributed by atoms with Crippen molar-refractivity contribution in [3.05, 3.63) is 47.0 Å². The Hall–Kier alpha value is -1.74. The van der Waals surface area contributed by atoms with E-state index in [-0.39, 0.29) is 17.3 Å². The summed E-state index contributed by atoms with van der Waals surface area (Å²) in [6, 6.07) is 8.57. The number of aliphatic hydroxyl groups is 1. The van der Waals surface area contributed by atoms with Crippen LogP contribution in [0.4, 0.5) is 0 Å². The molecule has 0 fully saturated rings. The van der Waals surface area contributed by atoms with E-state index in [2.05, 4.69) is 51.1 Å². The Morgan fingerprint density at radius 3 is 2.17 bits per heavy atom. The molecule has 0 spiro atoms. The van der Waals surface area contributed by atoms with Crippen molar-refractivity contribution in [3.63, 3.8) is 0 Å². The van der Waals surface area contributed by atoms with Gasteiger partial charge in [-0.3, -0.25) is 0 Å². The van der Waals surface area contributed by atoms with E-state index < -0.39 is 5.60 Å². The molecule has 1 aliphatic rings. The molecule has 0 aromatic heterocycles. The first kappa shape index (κ1) is 26.3. The Kier molecular flexibility index (Phi) is 10.7. The highest BCUT2D eigenvalue weighted by atomic mass is 16.3. The number of hydrogen-bond donors (Lipinski definition) is 1. The molecule has 1 aliphatic carbocycles. The van der Waals surface area contributed by atoms with E-state index >= 15 is 0 Å². The minimum Gasteiger partial charge on any atom is -0.390 e. The average Bonchev–Trinajstić information content (AvgIpc) is 2.67. The van der Waals surface area contributed by atoms with Gasteiger partial charge >= 0.3 is 0 Å². The van der Waals surface area contributed by atoms with Crippen molar-refractivity contribution >= 4 is 12.6 Å². The van der Waals surface area contributed by atoms with Crippen molar-refractivity contribution in [1.82, 2.24) is 0 Å². The van der Waals surface area contributed by atoms with Gasteiger partial charge in [-0.25, -0.2) is 0 Å². The van der Waals surface area contributed by atoms with E-state index in [1.807, 2.05) is 20.8 Å². The average molecular weight is 415 g/mol. The second-order valence-electron chi connectivity index (χ2n) is 10.5. The summed E-state index contributed by atoms with van der Waals surface area (Å²) < 4.78 is 0. The van der Waals surface area contributed by atoms with Crippen LogP contribution in [0, 0.1) is 11.8 Å². The molecule has 3 nitrogen and oxygen atoms in total. The summed E-state index contributed by atoms with van der Waals surface area (Å²) in [4.78, 5) is 21.1. The molecule has 2 unspecified atom stereocenters. The Labute approximate surface area is 184 Å². The molecule has 1 aromatic carbocycles. The first-order valence-electron chi connectivity index (χ1n) is 11.3. The van der Waals surface area contributed by atoms with Gasteiger partial charge in [0.1, 0.15) is 12.6 Å². The molecular formula is C27H42O3. The predicted molar refractivity (Wildman–Crippen MR) is 126 cm³/mol. The normalized spacial score (nSPS) is 18.0. The van der Waals surface area contributed by atoms with Gasteiger partial charge in [0.05, 0.1) is 5.60 Å². The van der Waals surface area contributed by atoms with Crippen molar-refractivity contribution in [1.29, 1.82) is 0 Å². The monoisotopic (exact) mass is 414 g/mol. The molecule has 168 valence electrons. The van der Waals surface area contributed by atoms with Crippen molar-refractivity contribution in [2.45, 2.75) is 97.5 Å². The molecule has 0 amide bonds. The van der Waals surface area contributed by atoms with E-state index in [1.165, 1.54) is 16.7 Å². The van der Waals surface area contributed by atoms with Crippen molar-refractivity contribution < 1.29 is 14.7 Å². The molecule has 30 heavy (non-hydrogen) atoms. The maximum atomic E-state index is 10.5. The van der Waals surface area contributed by atoms with Crippen LogP contribution in [0.5, 0.6) is 0 Å². The molecule has 0 bridgehead atoms. The molecule has 3 heteroatoms. The number of benzene rings is 1. The molecule has 0 aliphatic heterocycles. The lowest BCUT2D eigenvalue weighted by Crippen LogP contribution is -2.18. The van der Waals surface area contributed by atoms with E-state index in [1.54, 1.807) is 0 Å². The lowest BCUT2D eigenvalue weighted by atomic mass is 9.86. The number of carbonyl (C=O) groups excluding carboxylic acids is 2. The number of allylic oxidation sites excluding steroid dienone is 2. The molecule has 1 N–H and O–H groups in total. The van der Waals surface area contributed by atoms with Gasteiger partial charge in [-0.15, -0.1) is 0 Å². The van der Waals surface area contributed by atoms with Gasteiger partial charge in [0.25, 0.3) is 0 Å². The standard InChI is InChI=1S/C14H20O.C13H22O2/c1-11(10-15)9-12-5-7-13(8-6-12)14(2,3)4;1-13(2,15)9-3-4-11-5-7-12(10-14)8-6-11/h5-8,10-11H,9H2,1-4H3;5,10,12,15H,3-4,6-9H2,1-2H3. The molecule has 0 saturated heterocycles. The fraction of sp³-hybridized carbons (Fsp3) is 0.630. The minimum atomic E-state index is -0.541. The minimum absolute atomic E-state index is 0.116. The largest absolute Gasteiger partial charge is 0.390 e. The van der Waals surface area contributed by atoms with Gasteiger partial charge < -0.3 is 14.7 Å². The summed E-state index contributed by atoms with van der Waals surface area (Å²) in [6.45, 7) is 12.3. The van der Waals surface area contributed by atoms with E-state index in [0.717, 1.165) is 57.5 Å². The van der Waals surface area contributed by atoms with Crippen LogP contribution in [0.2, 0.25) is 0 Å². The molecule has 0 heterocycles. The highest BCUT2D eigenvalue weighted by Crippen LogP contribution is 2.26. The molecule has 2 rings (SSSR count). The summed E-state index contributed by atoms with van der Waals surface area (Å²) in [5.41, 5.74) is 3.71. The van der Waals surface area contributed by atoms with Crippen LogP contribution in [-0.4, -0.2) is 23.3 Å². The van der Waals surface area contributed by atoms with Crippen LogP contribution < -0.4 is 0 Å². The van der Waals surface area contributed by atoms with Gasteiger partial charge in [0, 0.05) is 11.8 Å². The maximum Gasteiger partial charge on any atom is 0.123 e. The lowest BCUT2D eigenvalue weighted by molar-refractivity contribution is -0.111. The third-order valence-electron chi connectivity index (χ3n) is 5.63. The topological polar surface area (TPSA) is 54.4 Å². The number of aldehydes is 2. The smallest absolute Gasteiger partial charge is 0.123 e. The second kappa shape index (κ2) is 12.2. The van der Waals surface area contributed by atoms with E-state index in [9.17, 15) is 14.7 Å². The molecule has 0 radical (unpaired) electrons. The fourth-order valence-corrected chi connectivity index (χ4v) is 3.57. The zero-order valence-electron chi connectivity index (χ0n) is 19.9. The van der Waals surface area contributed by atoms with Crippen molar-refractivity contribution in [2.24, 2.45) is 11.8 Å². The summed E-state index contributed by atoms with van der Waals surface area (Å²) in [5, 5.41) is 9.56. The predicted octanol–water partition coefficient (Wildman–Crippen LogP) is 6.21. The number of carbonyl (C=O) groups is 2. The Morgan fingerprint density at radius 2 is 1.73 bits per heavy atom. The van der Waals surface area contributed by atoms with Crippen LogP contribution in [0.25, 0.3) is 0 Å². The van der Waals surface area contributed by atoms with Crippen molar-refractivity contribution in [3.8, 4) is 0 Å². The maximum absolute atomic E-state index is 10.5. The Balaban J connectivity index is 0.000000300. The van der Waals surface area contributed by atoms with Gasteiger partial charge in [0.2, 0.25) is 0 Å². The summed E-state index contributed by atoms with van der Waals surface area (Å²) in [5.74, 6) is 0.369. The Bertz CT molecular complexity index is 672.